The number of aliphatic imine (C=N–C) groups is 1. The molecule has 3 aromatic rings. The Kier molecular flexibility index (Phi) is 7.92. The number of hydrogen-bond acceptors (Lipinski definition) is 3. The van der Waals surface area contributed by atoms with Gasteiger partial charge in [-0.1, -0.05) is 65.2 Å². The first-order chi connectivity index (χ1) is 15.0. The molecule has 0 fully saturated rings. The zero-order chi connectivity index (χ0) is 22.1. The first kappa shape index (κ1) is 22.2. The van der Waals surface area contributed by atoms with Gasteiger partial charge >= 0.3 is 0 Å². The van der Waals surface area contributed by atoms with Crippen LogP contribution in [0.3, 0.4) is 0 Å². The third kappa shape index (κ3) is 7.37. The predicted molar refractivity (Wildman–Crippen MR) is 127 cm³/mol. The van der Waals surface area contributed by atoms with Crippen molar-refractivity contribution in [1.29, 1.82) is 0 Å². The van der Waals surface area contributed by atoms with Crippen molar-refractivity contribution in [3.63, 3.8) is 0 Å². The molecule has 31 heavy (non-hydrogen) atoms. The van der Waals surface area contributed by atoms with E-state index >= 15 is 0 Å². The third-order valence-corrected chi connectivity index (χ3v) is 4.49. The van der Waals surface area contributed by atoms with Crippen LogP contribution >= 0.6 is 23.2 Å². The Hall–Kier alpha value is -3.48. The van der Waals surface area contributed by atoms with Crippen molar-refractivity contribution in [3.8, 4) is 0 Å². The monoisotopic (exact) mass is 451 g/mol. The highest BCUT2D eigenvalue weighted by atomic mass is 35.5. The Balaban J connectivity index is 1.75. The van der Waals surface area contributed by atoms with E-state index in [9.17, 15) is 4.79 Å². The molecule has 6 nitrogen and oxygen atoms in total. The Labute approximate surface area is 190 Å². The van der Waals surface area contributed by atoms with Crippen LogP contribution in [0.1, 0.15) is 27.0 Å². The molecule has 156 valence electrons. The number of hydrogen-bond donors (Lipinski definition) is 2. The first-order valence-corrected chi connectivity index (χ1v) is 10.0. The molecular weight excluding hydrogens is 433 g/mol. The fourth-order valence-corrected chi connectivity index (χ4v) is 2.70. The van der Waals surface area contributed by atoms with Crippen molar-refractivity contribution >= 4 is 47.5 Å². The van der Waals surface area contributed by atoms with E-state index < -0.39 is 5.91 Å². The molecule has 0 aliphatic carbocycles. The van der Waals surface area contributed by atoms with Crippen LogP contribution in [0.4, 0.5) is 0 Å². The summed E-state index contributed by atoms with van der Waals surface area (Å²) < 4.78 is 0. The second-order valence-corrected chi connectivity index (χ2v) is 7.35. The van der Waals surface area contributed by atoms with Gasteiger partial charge in [-0.2, -0.15) is 15.2 Å². The molecule has 3 aromatic carbocycles. The van der Waals surface area contributed by atoms with E-state index in [0.717, 1.165) is 16.7 Å². The van der Waals surface area contributed by atoms with Crippen molar-refractivity contribution in [1.82, 2.24) is 10.9 Å². The predicted octanol–water partition coefficient (Wildman–Crippen LogP) is 5.05. The van der Waals surface area contributed by atoms with Gasteiger partial charge < -0.3 is 0 Å². The summed E-state index contributed by atoms with van der Waals surface area (Å²) in [4.78, 5) is 16.6. The normalized spacial score (nSPS) is 10.9. The number of aryl methyl sites for hydroxylation is 1. The van der Waals surface area contributed by atoms with Gasteiger partial charge in [-0.15, -0.1) is 0 Å². The Morgan fingerprint density at radius 3 is 1.81 bits per heavy atom. The Morgan fingerprint density at radius 1 is 0.806 bits per heavy atom. The number of carbonyl (C=O) groups is 1. The molecule has 3 rings (SSSR count). The fourth-order valence-electron chi connectivity index (χ4n) is 2.45. The summed E-state index contributed by atoms with van der Waals surface area (Å²) in [6.07, 6.45) is 3.15. The molecule has 0 unspecified atom stereocenters. The lowest BCUT2D eigenvalue weighted by Gasteiger charge is -2.05. The van der Waals surface area contributed by atoms with Gasteiger partial charge in [0.2, 0.25) is 5.96 Å². The van der Waals surface area contributed by atoms with Gasteiger partial charge in [0.1, 0.15) is 0 Å². The van der Waals surface area contributed by atoms with Gasteiger partial charge in [0.05, 0.1) is 12.4 Å². The zero-order valence-electron chi connectivity index (χ0n) is 16.6. The molecule has 8 heteroatoms. The van der Waals surface area contributed by atoms with Crippen LogP contribution in [0.25, 0.3) is 0 Å². The molecule has 0 saturated heterocycles. The molecule has 0 saturated carbocycles. The lowest BCUT2D eigenvalue weighted by atomic mass is 10.1. The average Bonchev–Trinajstić information content (AvgIpc) is 2.76. The lowest BCUT2D eigenvalue weighted by Crippen LogP contribution is -2.32. The van der Waals surface area contributed by atoms with E-state index in [1.165, 1.54) is 0 Å². The quantitative estimate of drug-likeness (QED) is 0.323. The minimum Gasteiger partial charge on any atom is -0.267 e. The number of carbonyl (C=O) groups excluding carboxylic acids is 1. The van der Waals surface area contributed by atoms with Crippen molar-refractivity contribution in [2.75, 3.05) is 0 Å². The van der Waals surface area contributed by atoms with E-state index in [1.807, 2.05) is 37.3 Å². The van der Waals surface area contributed by atoms with Gasteiger partial charge in [-0.05, 0) is 54.4 Å². The second-order valence-electron chi connectivity index (χ2n) is 6.48. The molecule has 0 aliphatic rings. The number of guanidine groups is 1. The van der Waals surface area contributed by atoms with E-state index in [2.05, 4.69) is 26.0 Å². The molecule has 1 amide bonds. The molecule has 0 heterocycles. The maximum Gasteiger partial charge on any atom is 0.280 e. The first-order valence-electron chi connectivity index (χ1n) is 9.28. The average molecular weight is 452 g/mol. The summed E-state index contributed by atoms with van der Waals surface area (Å²) in [5, 5.41) is 9.50. The number of benzene rings is 3. The summed E-state index contributed by atoms with van der Waals surface area (Å²) in [7, 11) is 0. The van der Waals surface area contributed by atoms with Crippen LogP contribution < -0.4 is 10.9 Å². The second kappa shape index (κ2) is 11.1. The minimum atomic E-state index is -0.429. The number of rotatable bonds is 5. The Bertz CT molecular complexity index is 1060. The summed E-state index contributed by atoms with van der Waals surface area (Å²) in [6, 6.07) is 21.5. The highest BCUT2D eigenvalue weighted by molar-refractivity contribution is 6.30. The maximum absolute atomic E-state index is 12.5. The van der Waals surface area contributed by atoms with Crippen LogP contribution in [-0.4, -0.2) is 24.3 Å². The smallest absolute Gasteiger partial charge is 0.267 e. The van der Waals surface area contributed by atoms with E-state index in [-0.39, 0.29) is 5.96 Å². The van der Waals surface area contributed by atoms with Crippen molar-refractivity contribution in [3.05, 3.63) is 105 Å². The minimum absolute atomic E-state index is 0.0712. The maximum atomic E-state index is 12.5. The summed E-state index contributed by atoms with van der Waals surface area (Å²) in [5.41, 5.74) is 8.50. The van der Waals surface area contributed by atoms with Crippen molar-refractivity contribution in [2.24, 2.45) is 15.2 Å². The van der Waals surface area contributed by atoms with Crippen LogP contribution in [0.2, 0.25) is 10.0 Å². The van der Waals surface area contributed by atoms with Gasteiger partial charge in [0.15, 0.2) is 0 Å². The molecule has 0 aromatic heterocycles. The molecule has 0 bridgehead atoms. The molecular formula is C23H19Cl2N5O. The highest BCUT2D eigenvalue weighted by Gasteiger charge is 2.06. The van der Waals surface area contributed by atoms with Crippen LogP contribution in [0.5, 0.6) is 0 Å². The highest BCUT2D eigenvalue weighted by Crippen LogP contribution is 2.09. The van der Waals surface area contributed by atoms with Gasteiger partial charge in [0, 0.05) is 15.6 Å². The number of amides is 1. The van der Waals surface area contributed by atoms with Crippen molar-refractivity contribution in [2.45, 2.75) is 6.92 Å². The van der Waals surface area contributed by atoms with Gasteiger partial charge in [0.25, 0.3) is 5.91 Å². The van der Waals surface area contributed by atoms with Gasteiger partial charge in [-0.3, -0.25) is 4.79 Å². The van der Waals surface area contributed by atoms with Crippen molar-refractivity contribution < 1.29 is 4.79 Å². The van der Waals surface area contributed by atoms with Crippen LogP contribution in [-0.2, 0) is 0 Å². The van der Waals surface area contributed by atoms with Gasteiger partial charge in [-0.25, -0.2) is 10.9 Å². The number of hydrazone groups is 2. The third-order valence-electron chi connectivity index (χ3n) is 3.99. The number of nitrogens with zero attached hydrogens (tertiary/aromatic N) is 3. The Morgan fingerprint density at radius 2 is 1.32 bits per heavy atom. The lowest BCUT2D eigenvalue weighted by molar-refractivity contribution is 0.100. The molecule has 0 aliphatic heterocycles. The van der Waals surface area contributed by atoms with E-state index in [1.54, 1.807) is 54.9 Å². The van der Waals surface area contributed by atoms with Crippen LogP contribution in [0, 0.1) is 6.92 Å². The zero-order valence-corrected chi connectivity index (χ0v) is 18.1. The number of halogens is 2. The topological polar surface area (TPSA) is 78.2 Å². The largest absolute Gasteiger partial charge is 0.280 e. The van der Waals surface area contributed by atoms with Crippen LogP contribution in [0.15, 0.2) is 88.0 Å². The molecule has 2 N–H and O–H groups in total. The molecule has 0 atom stereocenters. The SMILES string of the molecule is Cc1cccc(C(=O)N=C(NN=Cc2ccc(Cl)cc2)NN=Cc2ccc(Cl)cc2)c1. The standard InChI is InChI=1S/C23H19Cl2N5O/c1-16-3-2-4-19(13-16)22(31)28-23(29-26-14-17-5-9-20(24)10-6-17)30-27-15-18-7-11-21(25)12-8-18/h2-15H,1H3,(H2,28,29,30,31). The van der Waals surface area contributed by atoms with E-state index in [0.29, 0.717) is 15.6 Å². The van der Waals surface area contributed by atoms with E-state index in [4.69, 9.17) is 23.2 Å². The summed E-state index contributed by atoms with van der Waals surface area (Å²) >= 11 is 11.8. The summed E-state index contributed by atoms with van der Waals surface area (Å²) in [6.45, 7) is 1.91. The fraction of sp³-hybridized carbons (Fsp3) is 0.0435. The molecule has 0 radical (unpaired) electrons. The summed E-state index contributed by atoms with van der Waals surface area (Å²) in [5.74, 6) is -0.357. The molecule has 0 spiro atoms. The number of nitrogens with one attached hydrogen (secondary N) is 2.